The van der Waals surface area contributed by atoms with Gasteiger partial charge in [0.1, 0.15) is 12.9 Å². The quantitative estimate of drug-likeness (QED) is 0.222. The number of amides is 2. The fourth-order valence-corrected chi connectivity index (χ4v) is 4.26. The van der Waals surface area contributed by atoms with E-state index >= 15 is 0 Å². The van der Waals surface area contributed by atoms with Crippen LogP contribution in [0, 0.1) is 11.3 Å². The van der Waals surface area contributed by atoms with Crippen molar-refractivity contribution in [3.63, 3.8) is 0 Å². The molecule has 4 atom stereocenters. The number of carbonyl (C=O) groups is 2. The van der Waals surface area contributed by atoms with Gasteiger partial charge in [0.05, 0.1) is 24.6 Å². The number of anilines is 1. The highest BCUT2D eigenvalue weighted by atomic mass is 16.6. The van der Waals surface area contributed by atoms with Gasteiger partial charge in [-0.1, -0.05) is 51.4 Å². The topological polar surface area (TPSA) is 126 Å². The fraction of sp³-hybridized carbons (Fsp3) is 0.654. The molecule has 1 heterocycles. The van der Waals surface area contributed by atoms with Gasteiger partial charge in [0.15, 0.2) is 6.10 Å². The molecule has 9 nitrogen and oxygen atoms in total. The summed E-state index contributed by atoms with van der Waals surface area (Å²) in [5.74, 6) is 0.132. The van der Waals surface area contributed by atoms with Gasteiger partial charge in [-0.3, -0.25) is 9.59 Å². The summed E-state index contributed by atoms with van der Waals surface area (Å²) < 4.78 is 5.92. The number of benzene rings is 1. The highest BCUT2D eigenvalue weighted by Gasteiger charge is 2.34. The lowest BCUT2D eigenvalue weighted by Crippen LogP contribution is -2.46. The molecule has 2 rings (SSSR count). The van der Waals surface area contributed by atoms with Crippen molar-refractivity contribution in [2.24, 2.45) is 22.2 Å². The summed E-state index contributed by atoms with van der Waals surface area (Å²) in [4.78, 5) is 32.1. The van der Waals surface area contributed by atoms with Gasteiger partial charge in [-0.2, -0.15) is 0 Å². The molecule has 35 heavy (non-hydrogen) atoms. The lowest BCUT2D eigenvalue weighted by Gasteiger charge is -2.36. The minimum absolute atomic E-state index is 0.0630. The first-order valence-electron chi connectivity index (χ1n) is 12.4. The third kappa shape index (κ3) is 8.81. The van der Waals surface area contributed by atoms with Crippen molar-refractivity contribution in [3.05, 3.63) is 24.3 Å². The van der Waals surface area contributed by atoms with Crippen LogP contribution in [-0.2, 0) is 14.4 Å². The van der Waals surface area contributed by atoms with Crippen molar-refractivity contribution in [2.75, 3.05) is 25.1 Å². The second-order valence-electron chi connectivity index (χ2n) is 10.1. The molecule has 0 fully saturated rings. The summed E-state index contributed by atoms with van der Waals surface area (Å²) in [6, 6.07) is 6.84. The SMILES string of the molecule is CCCCNC(=O)[C@H](C)C[C@H](O)[C@@H](N)CC(C)(C)CC(=O)N1CC(C=NOC)Oc2ccccc21. The molecule has 1 unspecified atom stereocenters. The molecule has 2 amide bonds. The summed E-state index contributed by atoms with van der Waals surface area (Å²) in [5, 5.41) is 17.3. The Kier molecular flexibility index (Phi) is 11.0. The van der Waals surface area contributed by atoms with Crippen molar-refractivity contribution in [2.45, 2.75) is 78.0 Å². The predicted molar refractivity (Wildman–Crippen MR) is 137 cm³/mol. The Morgan fingerprint density at radius 3 is 2.80 bits per heavy atom. The number of aliphatic hydroxyl groups excluding tert-OH is 1. The normalized spacial score (nSPS) is 18.4. The molecule has 1 aromatic carbocycles. The summed E-state index contributed by atoms with van der Waals surface area (Å²) in [6.07, 6.45) is 3.16. The van der Waals surface area contributed by atoms with Gasteiger partial charge in [0.25, 0.3) is 0 Å². The van der Waals surface area contributed by atoms with Crippen molar-refractivity contribution in [1.29, 1.82) is 0 Å². The first-order valence-corrected chi connectivity index (χ1v) is 12.4. The Hall–Kier alpha value is -2.65. The Bertz CT molecular complexity index is 860. The van der Waals surface area contributed by atoms with Crippen LogP contribution in [0.3, 0.4) is 0 Å². The number of carbonyl (C=O) groups excluding carboxylic acids is 2. The molecule has 0 aliphatic carbocycles. The molecule has 1 aromatic rings. The molecule has 0 saturated carbocycles. The number of unbranched alkanes of at least 4 members (excludes halogenated alkanes) is 1. The molecule has 0 radical (unpaired) electrons. The minimum Gasteiger partial charge on any atom is -0.481 e. The number of ether oxygens (including phenoxy) is 1. The van der Waals surface area contributed by atoms with E-state index in [-0.39, 0.29) is 30.6 Å². The van der Waals surface area contributed by atoms with Gasteiger partial charge < -0.3 is 30.6 Å². The zero-order valence-corrected chi connectivity index (χ0v) is 21.7. The van der Waals surface area contributed by atoms with E-state index in [4.69, 9.17) is 15.3 Å². The van der Waals surface area contributed by atoms with Crippen LogP contribution in [0.1, 0.15) is 59.8 Å². The number of rotatable bonds is 13. The van der Waals surface area contributed by atoms with E-state index in [2.05, 4.69) is 17.4 Å². The lowest BCUT2D eigenvalue weighted by atomic mass is 9.80. The van der Waals surface area contributed by atoms with Crippen molar-refractivity contribution >= 4 is 23.7 Å². The molecular formula is C26H42N4O5. The van der Waals surface area contributed by atoms with Crippen molar-refractivity contribution < 1.29 is 24.3 Å². The molecule has 0 saturated heterocycles. The second-order valence-corrected chi connectivity index (χ2v) is 10.1. The third-order valence-corrected chi connectivity index (χ3v) is 6.21. The van der Waals surface area contributed by atoms with Gasteiger partial charge >= 0.3 is 0 Å². The number of aliphatic hydroxyl groups is 1. The summed E-state index contributed by atoms with van der Waals surface area (Å²) in [7, 11) is 1.45. The zero-order chi connectivity index (χ0) is 26.0. The van der Waals surface area contributed by atoms with Gasteiger partial charge in [-0.05, 0) is 36.8 Å². The maximum absolute atomic E-state index is 13.4. The Labute approximate surface area is 209 Å². The van der Waals surface area contributed by atoms with E-state index in [9.17, 15) is 14.7 Å². The van der Waals surface area contributed by atoms with E-state index in [1.807, 2.05) is 38.1 Å². The monoisotopic (exact) mass is 490 g/mol. The molecule has 0 bridgehead atoms. The maximum atomic E-state index is 13.4. The highest BCUT2D eigenvalue weighted by molar-refractivity contribution is 5.96. The van der Waals surface area contributed by atoms with Crippen LogP contribution in [0.5, 0.6) is 5.75 Å². The smallest absolute Gasteiger partial charge is 0.227 e. The number of nitrogens with two attached hydrogens (primary N) is 1. The molecule has 9 heteroatoms. The highest BCUT2D eigenvalue weighted by Crippen LogP contribution is 2.36. The fourth-order valence-electron chi connectivity index (χ4n) is 4.26. The Morgan fingerprint density at radius 1 is 1.40 bits per heavy atom. The van der Waals surface area contributed by atoms with Crippen LogP contribution >= 0.6 is 0 Å². The maximum Gasteiger partial charge on any atom is 0.227 e. The second kappa shape index (κ2) is 13.4. The lowest BCUT2D eigenvalue weighted by molar-refractivity contribution is -0.125. The summed E-state index contributed by atoms with van der Waals surface area (Å²) in [6.45, 7) is 8.75. The van der Waals surface area contributed by atoms with Crippen LogP contribution < -0.4 is 20.7 Å². The minimum atomic E-state index is -0.838. The number of hydrogen-bond donors (Lipinski definition) is 3. The van der Waals surface area contributed by atoms with Gasteiger partial charge in [-0.25, -0.2) is 0 Å². The zero-order valence-electron chi connectivity index (χ0n) is 21.7. The summed E-state index contributed by atoms with van der Waals surface area (Å²) >= 11 is 0. The van der Waals surface area contributed by atoms with Gasteiger partial charge in [-0.15, -0.1) is 0 Å². The van der Waals surface area contributed by atoms with Crippen LogP contribution in [0.2, 0.25) is 0 Å². The summed E-state index contributed by atoms with van der Waals surface area (Å²) in [5.41, 5.74) is 6.57. The molecular weight excluding hydrogens is 448 g/mol. The molecule has 0 spiro atoms. The molecule has 1 aliphatic rings. The average Bonchev–Trinajstić information content (AvgIpc) is 2.81. The Balaban J connectivity index is 1.98. The van der Waals surface area contributed by atoms with Crippen LogP contribution in [0.25, 0.3) is 0 Å². The number of nitrogens with zero attached hydrogens (tertiary/aromatic N) is 2. The van der Waals surface area contributed by atoms with E-state index in [1.54, 1.807) is 11.8 Å². The first-order chi connectivity index (χ1) is 16.6. The molecule has 1 aliphatic heterocycles. The van der Waals surface area contributed by atoms with Crippen LogP contribution in [-0.4, -0.2) is 61.6 Å². The number of para-hydroxylation sites is 2. The number of oxime groups is 1. The van der Waals surface area contributed by atoms with E-state index < -0.39 is 23.7 Å². The average molecular weight is 491 g/mol. The number of fused-ring (bicyclic) bond motifs is 1. The molecule has 4 N–H and O–H groups in total. The number of nitrogens with one attached hydrogen (secondary N) is 1. The van der Waals surface area contributed by atoms with E-state index in [1.165, 1.54) is 13.3 Å². The number of hydrogen-bond acceptors (Lipinski definition) is 7. The van der Waals surface area contributed by atoms with E-state index in [0.29, 0.717) is 30.9 Å². The predicted octanol–water partition coefficient (Wildman–Crippen LogP) is 2.85. The van der Waals surface area contributed by atoms with Crippen molar-refractivity contribution in [1.82, 2.24) is 5.32 Å². The first kappa shape index (κ1) is 28.6. The van der Waals surface area contributed by atoms with Crippen molar-refractivity contribution in [3.8, 4) is 5.75 Å². The standard InChI is InChI=1S/C26H42N4O5/c1-6-7-12-28-25(33)18(2)13-22(31)20(27)14-26(3,4)15-24(32)30-17-19(16-29-34-5)35-23-11-9-8-10-21(23)30/h8-11,16,18-20,22,31H,6-7,12-15,17,27H2,1-5H3,(H,28,33)/t18-,19?,20+,22+/m1/s1. The molecule has 0 aromatic heterocycles. The molecule has 196 valence electrons. The van der Waals surface area contributed by atoms with Gasteiger partial charge in [0.2, 0.25) is 11.8 Å². The van der Waals surface area contributed by atoms with Gasteiger partial charge in [0, 0.05) is 24.9 Å². The van der Waals surface area contributed by atoms with Crippen LogP contribution in [0.15, 0.2) is 29.4 Å². The van der Waals surface area contributed by atoms with E-state index in [0.717, 1.165) is 12.8 Å². The largest absolute Gasteiger partial charge is 0.481 e. The third-order valence-electron chi connectivity index (χ3n) is 6.21. The Morgan fingerprint density at radius 2 is 2.11 bits per heavy atom. The van der Waals surface area contributed by atoms with Crippen LogP contribution in [0.4, 0.5) is 5.69 Å².